The molecule has 0 aliphatic carbocycles. The van der Waals surface area contributed by atoms with Gasteiger partial charge >= 0.3 is 0 Å². The average Bonchev–Trinajstić information content (AvgIpc) is 2.50. The number of ether oxygens (including phenoxy) is 1. The van der Waals surface area contributed by atoms with Crippen molar-refractivity contribution in [1.82, 2.24) is 0 Å². The van der Waals surface area contributed by atoms with E-state index >= 15 is 0 Å². The second-order valence-electron chi connectivity index (χ2n) is 3.20. The Labute approximate surface area is 75.5 Å². The van der Waals surface area contributed by atoms with Crippen molar-refractivity contribution >= 4 is 0 Å². The Morgan fingerprint density at radius 3 is 2.40 bits per heavy atom. The van der Waals surface area contributed by atoms with Crippen LogP contribution in [0.15, 0.2) is 0 Å². The summed E-state index contributed by atoms with van der Waals surface area (Å²) in [5.41, 5.74) is 0.126. The van der Waals surface area contributed by atoms with Gasteiger partial charge in [-0.25, -0.2) is 0 Å². The molecule has 1 aliphatic heterocycles. The van der Waals surface area contributed by atoms with Gasteiger partial charge in [-0.2, -0.15) is 7.05 Å². The van der Waals surface area contributed by atoms with Crippen molar-refractivity contribution < 1.29 is 24.2 Å². The van der Waals surface area contributed by atoms with Crippen LogP contribution < -0.4 is 0 Å². The molecule has 0 aromatic rings. The Morgan fingerprint density at radius 1 is 1.60 bits per heavy atom. The number of hydrogen-bond acceptors (Lipinski definition) is 1. The Morgan fingerprint density at radius 2 is 2.10 bits per heavy atom. The van der Waals surface area contributed by atoms with Crippen LogP contribution in [-0.2, 0) is 24.2 Å². The number of hydrogen-bond donors (Lipinski definition) is 0. The Kier molecular flexibility index (Phi) is 4.00. The number of epoxide rings is 1. The van der Waals surface area contributed by atoms with Crippen LogP contribution in [0.5, 0.6) is 0 Å². The maximum Gasteiger partial charge on any atom is 0.0798 e. The van der Waals surface area contributed by atoms with E-state index in [4.69, 9.17) is 4.74 Å². The summed E-state index contributed by atoms with van der Waals surface area (Å²) in [6.07, 6.45) is 1.58. The predicted molar refractivity (Wildman–Crippen MR) is 37.7 cm³/mol. The molecule has 1 unspecified atom stereocenters. The SMILES string of the molecule is C[N-]C(C)(C)CC1CO1.[Rh]. The minimum Gasteiger partial charge on any atom is -0.660 e. The minimum atomic E-state index is 0. The molecule has 0 saturated carbocycles. The molecular formula is C7H14NORh-. The first-order chi connectivity index (χ1) is 4.14. The third kappa shape index (κ3) is 3.65. The Hall–Kier alpha value is 0.543. The fourth-order valence-corrected chi connectivity index (χ4v) is 0.834. The summed E-state index contributed by atoms with van der Waals surface area (Å²) in [6, 6.07) is 0. The molecular weight excluding hydrogens is 217 g/mol. The van der Waals surface area contributed by atoms with E-state index in [1.807, 2.05) is 7.05 Å². The topological polar surface area (TPSA) is 26.6 Å². The van der Waals surface area contributed by atoms with Gasteiger partial charge in [0, 0.05) is 19.5 Å². The summed E-state index contributed by atoms with van der Waals surface area (Å²) in [5.74, 6) is 0. The molecule has 0 amide bonds. The van der Waals surface area contributed by atoms with Crippen molar-refractivity contribution in [3.05, 3.63) is 5.32 Å². The smallest absolute Gasteiger partial charge is 0.0798 e. The monoisotopic (exact) mass is 231 g/mol. The largest absolute Gasteiger partial charge is 0.660 e. The second-order valence-corrected chi connectivity index (χ2v) is 3.20. The van der Waals surface area contributed by atoms with E-state index in [0.29, 0.717) is 6.10 Å². The maximum atomic E-state index is 5.09. The van der Waals surface area contributed by atoms with Gasteiger partial charge in [0.1, 0.15) is 0 Å². The standard InChI is InChI=1S/C7H14NO.Rh/c1-7(2,8-3)4-6-5-9-6;/h6H,4-5H2,1-3H3;/q-1;. The van der Waals surface area contributed by atoms with Crippen molar-refractivity contribution in [3.8, 4) is 0 Å². The third-order valence-electron chi connectivity index (χ3n) is 1.73. The summed E-state index contributed by atoms with van der Waals surface area (Å²) < 4.78 is 5.09. The Bertz CT molecular complexity index is 102. The van der Waals surface area contributed by atoms with Crippen LogP contribution in [-0.4, -0.2) is 25.3 Å². The number of rotatable bonds is 3. The van der Waals surface area contributed by atoms with E-state index in [0.717, 1.165) is 13.0 Å². The van der Waals surface area contributed by atoms with Crippen LogP contribution in [0, 0.1) is 0 Å². The van der Waals surface area contributed by atoms with E-state index < -0.39 is 0 Å². The van der Waals surface area contributed by atoms with E-state index in [1.54, 1.807) is 0 Å². The van der Waals surface area contributed by atoms with Gasteiger partial charge in [-0.05, 0) is 6.42 Å². The van der Waals surface area contributed by atoms with E-state index in [9.17, 15) is 0 Å². The minimum absolute atomic E-state index is 0. The van der Waals surface area contributed by atoms with Gasteiger partial charge in [0.2, 0.25) is 0 Å². The zero-order valence-electron chi connectivity index (χ0n) is 6.68. The Balaban J connectivity index is 0.000000810. The molecule has 63 valence electrons. The summed E-state index contributed by atoms with van der Waals surface area (Å²) >= 11 is 0. The third-order valence-corrected chi connectivity index (χ3v) is 1.73. The maximum absolute atomic E-state index is 5.09. The number of nitrogens with zero attached hydrogens (tertiary/aromatic N) is 1. The predicted octanol–water partition coefficient (Wildman–Crippen LogP) is 1.55. The molecule has 1 heterocycles. The molecule has 1 fully saturated rings. The molecule has 0 aromatic heterocycles. The first-order valence-electron chi connectivity index (χ1n) is 3.37. The van der Waals surface area contributed by atoms with Crippen LogP contribution in [0.1, 0.15) is 20.3 Å². The molecule has 1 rings (SSSR count). The molecule has 1 atom stereocenters. The van der Waals surface area contributed by atoms with Crippen molar-refractivity contribution in [3.63, 3.8) is 0 Å². The van der Waals surface area contributed by atoms with Crippen LogP contribution in [0.2, 0.25) is 0 Å². The quantitative estimate of drug-likeness (QED) is 0.534. The summed E-state index contributed by atoms with van der Waals surface area (Å²) in [4.78, 5) is 0. The molecule has 3 heteroatoms. The van der Waals surface area contributed by atoms with E-state index in [2.05, 4.69) is 19.2 Å². The fraction of sp³-hybridized carbons (Fsp3) is 1.00. The molecule has 1 aliphatic rings. The van der Waals surface area contributed by atoms with Gasteiger partial charge in [0.15, 0.2) is 0 Å². The summed E-state index contributed by atoms with van der Waals surface area (Å²) in [6.45, 7) is 5.21. The molecule has 0 N–H and O–H groups in total. The van der Waals surface area contributed by atoms with Gasteiger partial charge in [0.05, 0.1) is 12.7 Å². The molecule has 0 spiro atoms. The van der Waals surface area contributed by atoms with Crippen molar-refractivity contribution in [2.45, 2.75) is 31.9 Å². The first kappa shape index (κ1) is 10.5. The molecule has 2 nitrogen and oxygen atoms in total. The van der Waals surface area contributed by atoms with Crippen molar-refractivity contribution in [1.29, 1.82) is 0 Å². The van der Waals surface area contributed by atoms with Gasteiger partial charge in [-0.3, -0.25) is 0 Å². The van der Waals surface area contributed by atoms with Crippen molar-refractivity contribution in [2.24, 2.45) is 0 Å². The van der Waals surface area contributed by atoms with E-state index in [1.165, 1.54) is 0 Å². The van der Waals surface area contributed by atoms with Crippen LogP contribution >= 0.6 is 0 Å². The molecule has 0 bridgehead atoms. The van der Waals surface area contributed by atoms with Gasteiger partial charge < -0.3 is 10.1 Å². The molecule has 1 radical (unpaired) electrons. The molecule has 10 heavy (non-hydrogen) atoms. The molecule has 0 aromatic carbocycles. The normalized spacial score (nSPS) is 23.7. The summed E-state index contributed by atoms with van der Waals surface area (Å²) in [7, 11) is 1.86. The van der Waals surface area contributed by atoms with Crippen LogP contribution in [0.25, 0.3) is 5.32 Å². The summed E-state index contributed by atoms with van der Waals surface area (Å²) in [5, 5.41) is 4.22. The zero-order valence-corrected chi connectivity index (χ0v) is 8.32. The molecule has 1 saturated heterocycles. The van der Waals surface area contributed by atoms with Gasteiger partial charge in [0.25, 0.3) is 0 Å². The van der Waals surface area contributed by atoms with Gasteiger partial charge in [-0.15, -0.1) is 5.54 Å². The van der Waals surface area contributed by atoms with Gasteiger partial charge in [-0.1, -0.05) is 13.8 Å². The first-order valence-corrected chi connectivity index (χ1v) is 3.37. The van der Waals surface area contributed by atoms with Crippen molar-refractivity contribution in [2.75, 3.05) is 13.7 Å². The average molecular weight is 231 g/mol. The van der Waals surface area contributed by atoms with Crippen LogP contribution in [0.3, 0.4) is 0 Å². The zero-order chi connectivity index (χ0) is 6.91. The fourth-order valence-electron chi connectivity index (χ4n) is 0.834. The van der Waals surface area contributed by atoms with E-state index in [-0.39, 0.29) is 25.0 Å². The second kappa shape index (κ2) is 3.80. The van der Waals surface area contributed by atoms with Crippen LogP contribution in [0.4, 0.5) is 0 Å².